The van der Waals surface area contributed by atoms with E-state index in [1.807, 2.05) is 29.1 Å². The Morgan fingerprint density at radius 3 is 2.64 bits per heavy atom. The SMILES string of the molecule is [N-]=[N+]=NCCC[n+]1ccc(COc2ccc(Cl)cc2-c2nc3ccc(Cl)cc3c(=O)[nH]2)cc1. The minimum Gasteiger partial charge on any atom is -0.488 e. The zero-order valence-corrected chi connectivity index (χ0v) is 18.9. The number of ether oxygens (including phenoxy) is 1. The number of nitrogens with zero attached hydrogens (tertiary/aromatic N) is 5. The lowest BCUT2D eigenvalue weighted by Crippen LogP contribution is -2.33. The first-order chi connectivity index (χ1) is 16.0. The molecule has 4 aromatic rings. The number of aromatic nitrogens is 3. The number of nitrogens with one attached hydrogen (secondary N) is 1. The number of pyridine rings is 1. The summed E-state index contributed by atoms with van der Waals surface area (Å²) in [5.74, 6) is 0.903. The van der Waals surface area contributed by atoms with Crippen LogP contribution in [0, 0.1) is 0 Å². The van der Waals surface area contributed by atoms with E-state index in [4.69, 9.17) is 33.5 Å². The molecule has 0 aliphatic rings. The Kier molecular flexibility index (Phi) is 7.10. The second-order valence-corrected chi connectivity index (χ2v) is 8.13. The molecule has 1 N–H and O–H groups in total. The fourth-order valence-corrected chi connectivity index (χ4v) is 3.66. The van der Waals surface area contributed by atoms with E-state index < -0.39 is 0 Å². The lowest BCUT2D eigenvalue weighted by molar-refractivity contribution is -0.697. The molecule has 0 fully saturated rings. The topological polar surface area (TPSA) is 108 Å². The van der Waals surface area contributed by atoms with Crippen molar-refractivity contribution < 1.29 is 9.30 Å². The molecular formula is C23H19Cl2N6O2+. The normalized spacial score (nSPS) is 10.7. The average Bonchev–Trinajstić information content (AvgIpc) is 2.82. The molecule has 0 radical (unpaired) electrons. The Morgan fingerprint density at radius 1 is 1.09 bits per heavy atom. The van der Waals surface area contributed by atoms with E-state index >= 15 is 0 Å². The molecule has 0 amide bonds. The second kappa shape index (κ2) is 10.4. The number of benzene rings is 2. The van der Waals surface area contributed by atoms with Gasteiger partial charge in [0, 0.05) is 45.6 Å². The van der Waals surface area contributed by atoms with Crippen LogP contribution in [0.3, 0.4) is 0 Å². The highest BCUT2D eigenvalue weighted by Gasteiger charge is 2.13. The van der Waals surface area contributed by atoms with Crippen LogP contribution in [0.5, 0.6) is 5.75 Å². The molecule has 0 bridgehead atoms. The van der Waals surface area contributed by atoms with E-state index in [1.54, 1.807) is 36.4 Å². The van der Waals surface area contributed by atoms with Gasteiger partial charge in [-0.3, -0.25) is 4.79 Å². The van der Waals surface area contributed by atoms with Crippen LogP contribution in [-0.2, 0) is 13.2 Å². The number of rotatable bonds is 8. The standard InChI is InChI=1S/C23H18Cl2N6O2/c24-16-2-4-20-18(12-16)23(32)29-22(28-20)19-13-17(25)3-5-21(19)33-14-15-6-10-31(11-7-15)9-1-8-27-30-26/h2-7,10-13H,1,8-9,14H2/p+1. The van der Waals surface area contributed by atoms with Gasteiger partial charge in [-0.1, -0.05) is 28.3 Å². The van der Waals surface area contributed by atoms with Crippen molar-refractivity contribution in [3.05, 3.63) is 97.3 Å². The van der Waals surface area contributed by atoms with Crippen molar-refractivity contribution in [2.24, 2.45) is 5.11 Å². The maximum atomic E-state index is 12.6. The van der Waals surface area contributed by atoms with Gasteiger partial charge in [-0.05, 0) is 41.9 Å². The summed E-state index contributed by atoms with van der Waals surface area (Å²) >= 11 is 12.2. The van der Waals surface area contributed by atoms with Crippen molar-refractivity contribution in [1.82, 2.24) is 9.97 Å². The molecule has 0 aliphatic heterocycles. The van der Waals surface area contributed by atoms with Crippen molar-refractivity contribution in [2.45, 2.75) is 19.6 Å². The van der Waals surface area contributed by atoms with Gasteiger partial charge in [0.05, 0.1) is 16.5 Å². The molecular weight excluding hydrogens is 463 g/mol. The summed E-state index contributed by atoms with van der Waals surface area (Å²) in [5.41, 5.74) is 10.1. The Labute approximate surface area is 199 Å². The Hall–Kier alpha value is -3.58. The molecule has 0 saturated carbocycles. The molecule has 4 rings (SSSR count). The highest BCUT2D eigenvalue weighted by Crippen LogP contribution is 2.31. The number of hydrogen-bond acceptors (Lipinski definition) is 4. The lowest BCUT2D eigenvalue weighted by Gasteiger charge is -2.12. The van der Waals surface area contributed by atoms with Crippen LogP contribution in [0.1, 0.15) is 12.0 Å². The molecule has 8 nitrogen and oxygen atoms in total. The molecule has 0 unspecified atom stereocenters. The minimum absolute atomic E-state index is 0.295. The maximum Gasteiger partial charge on any atom is 0.259 e. The molecule has 33 heavy (non-hydrogen) atoms. The van der Waals surface area contributed by atoms with E-state index in [2.05, 4.69) is 20.0 Å². The number of hydrogen-bond donors (Lipinski definition) is 1. The van der Waals surface area contributed by atoms with Crippen molar-refractivity contribution in [2.75, 3.05) is 6.54 Å². The fourth-order valence-electron chi connectivity index (χ4n) is 3.31. The van der Waals surface area contributed by atoms with E-state index in [9.17, 15) is 4.79 Å². The minimum atomic E-state index is -0.295. The third-order valence-corrected chi connectivity index (χ3v) is 5.43. The average molecular weight is 482 g/mol. The molecule has 0 atom stereocenters. The molecule has 0 aliphatic carbocycles. The van der Waals surface area contributed by atoms with Gasteiger partial charge in [-0.2, -0.15) is 0 Å². The van der Waals surface area contributed by atoms with Gasteiger partial charge in [0.15, 0.2) is 12.4 Å². The van der Waals surface area contributed by atoms with Crippen LogP contribution in [0.25, 0.3) is 32.7 Å². The molecule has 0 spiro atoms. The van der Waals surface area contributed by atoms with Gasteiger partial charge in [-0.25, -0.2) is 9.55 Å². The van der Waals surface area contributed by atoms with Gasteiger partial charge < -0.3 is 9.72 Å². The van der Waals surface area contributed by atoms with Crippen molar-refractivity contribution >= 4 is 34.1 Å². The molecule has 2 aromatic carbocycles. The number of H-pyrrole nitrogens is 1. The third kappa shape index (κ3) is 5.62. The number of halogens is 2. The van der Waals surface area contributed by atoms with E-state index in [-0.39, 0.29) is 5.56 Å². The number of aryl methyl sites for hydroxylation is 1. The monoisotopic (exact) mass is 481 g/mol. The Bertz CT molecular complexity index is 1400. The summed E-state index contributed by atoms with van der Waals surface area (Å²) in [4.78, 5) is 22.7. The number of azide groups is 1. The van der Waals surface area contributed by atoms with Gasteiger partial charge in [0.25, 0.3) is 5.56 Å². The molecule has 0 saturated heterocycles. The van der Waals surface area contributed by atoms with Crippen LogP contribution in [-0.4, -0.2) is 16.5 Å². The first-order valence-electron chi connectivity index (χ1n) is 10.1. The second-order valence-electron chi connectivity index (χ2n) is 7.26. The molecule has 10 heteroatoms. The van der Waals surface area contributed by atoms with Crippen molar-refractivity contribution in [1.29, 1.82) is 0 Å². The van der Waals surface area contributed by atoms with Gasteiger partial charge in [0.1, 0.15) is 24.7 Å². The quantitative estimate of drug-likeness (QED) is 0.118. The fraction of sp³-hybridized carbons (Fsp3) is 0.174. The van der Waals surface area contributed by atoms with Crippen LogP contribution in [0.4, 0.5) is 0 Å². The summed E-state index contributed by atoms with van der Waals surface area (Å²) in [5, 5.41) is 4.91. The highest BCUT2D eigenvalue weighted by atomic mass is 35.5. The summed E-state index contributed by atoms with van der Waals surface area (Å²) in [6.07, 6.45) is 4.66. The summed E-state index contributed by atoms with van der Waals surface area (Å²) in [6, 6.07) is 14.1. The van der Waals surface area contributed by atoms with E-state index in [0.29, 0.717) is 51.2 Å². The molecule has 166 valence electrons. The Balaban J connectivity index is 1.55. The van der Waals surface area contributed by atoms with E-state index in [0.717, 1.165) is 18.5 Å². The van der Waals surface area contributed by atoms with Crippen LogP contribution in [0.15, 0.2) is 70.8 Å². The zero-order chi connectivity index (χ0) is 23.2. The van der Waals surface area contributed by atoms with Gasteiger partial charge in [-0.15, -0.1) is 0 Å². The van der Waals surface area contributed by atoms with Crippen molar-refractivity contribution in [3.63, 3.8) is 0 Å². The van der Waals surface area contributed by atoms with Crippen LogP contribution < -0.4 is 14.9 Å². The zero-order valence-electron chi connectivity index (χ0n) is 17.4. The maximum absolute atomic E-state index is 12.6. The van der Waals surface area contributed by atoms with E-state index in [1.165, 1.54) is 0 Å². The van der Waals surface area contributed by atoms with Crippen LogP contribution in [0.2, 0.25) is 10.0 Å². The first-order valence-corrected chi connectivity index (χ1v) is 10.9. The van der Waals surface area contributed by atoms with Crippen molar-refractivity contribution in [3.8, 4) is 17.1 Å². The first kappa shape index (κ1) is 22.6. The number of aromatic amines is 1. The smallest absolute Gasteiger partial charge is 0.259 e. The molecule has 2 aromatic heterocycles. The van der Waals surface area contributed by atoms with Gasteiger partial charge in [0.2, 0.25) is 0 Å². The summed E-state index contributed by atoms with van der Waals surface area (Å²) in [6.45, 7) is 1.54. The lowest BCUT2D eigenvalue weighted by atomic mass is 10.1. The third-order valence-electron chi connectivity index (χ3n) is 4.96. The predicted molar refractivity (Wildman–Crippen MR) is 127 cm³/mol. The van der Waals surface area contributed by atoms with Crippen LogP contribution >= 0.6 is 23.2 Å². The largest absolute Gasteiger partial charge is 0.488 e. The summed E-state index contributed by atoms with van der Waals surface area (Å²) in [7, 11) is 0. The highest BCUT2D eigenvalue weighted by molar-refractivity contribution is 6.31. The number of fused-ring (bicyclic) bond motifs is 1. The summed E-state index contributed by atoms with van der Waals surface area (Å²) < 4.78 is 8.06. The predicted octanol–water partition coefficient (Wildman–Crippen LogP) is 5.46. The Morgan fingerprint density at radius 2 is 1.85 bits per heavy atom. The van der Waals surface area contributed by atoms with Gasteiger partial charge >= 0.3 is 0 Å². The molecule has 2 heterocycles.